The molecule has 2 amide bonds. The molecule has 3 rings (SSSR count). The van der Waals surface area contributed by atoms with Gasteiger partial charge < -0.3 is 10.1 Å². The van der Waals surface area contributed by atoms with E-state index in [2.05, 4.69) is 26.1 Å². The zero-order valence-corrected chi connectivity index (χ0v) is 19.3. The van der Waals surface area contributed by atoms with Crippen molar-refractivity contribution in [2.75, 3.05) is 18.5 Å². The summed E-state index contributed by atoms with van der Waals surface area (Å²) in [4.78, 5) is 27.8. The van der Waals surface area contributed by atoms with Gasteiger partial charge in [0.15, 0.2) is 0 Å². The second-order valence-corrected chi connectivity index (χ2v) is 9.27. The van der Waals surface area contributed by atoms with Gasteiger partial charge in [0.05, 0.1) is 12.2 Å². The molecule has 5 nitrogen and oxygen atoms in total. The summed E-state index contributed by atoms with van der Waals surface area (Å²) in [7, 11) is 0. The molecule has 0 saturated carbocycles. The molecule has 31 heavy (non-hydrogen) atoms. The van der Waals surface area contributed by atoms with E-state index in [1.54, 1.807) is 0 Å². The van der Waals surface area contributed by atoms with Gasteiger partial charge in [0, 0.05) is 12.2 Å². The molecule has 0 radical (unpaired) electrons. The van der Waals surface area contributed by atoms with Gasteiger partial charge in [-0.1, -0.05) is 58.9 Å². The minimum atomic E-state index is -0.289. The van der Waals surface area contributed by atoms with Crippen LogP contribution >= 0.6 is 0 Å². The third-order valence-electron chi connectivity index (χ3n) is 5.19. The fourth-order valence-corrected chi connectivity index (χ4v) is 3.57. The van der Waals surface area contributed by atoms with Gasteiger partial charge in [0.1, 0.15) is 11.4 Å². The highest BCUT2D eigenvalue weighted by Crippen LogP contribution is 2.32. The first-order valence-electron chi connectivity index (χ1n) is 10.8. The SMILES string of the molecule is CCOc1ccc(C2=C(Nc3ccc(C(C)(C)C)cc3)C(=O)N(CC(C)C)C2=O)cc1. The number of amides is 2. The molecule has 2 aromatic carbocycles. The molecule has 1 N–H and O–H groups in total. The Balaban J connectivity index is 1.99. The van der Waals surface area contributed by atoms with E-state index in [0.29, 0.717) is 30.0 Å². The summed E-state index contributed by atoms with van der Waals surface area (Å²) in [5, 5.41) is 3.23. The van der Waals surface area contributed by atoms with E-state index in [1.165, 1.54) is 10.5 Å². The predicted molar refractivity (Wildman–Crippen MR) is 125 cm³/mol. The van der Waals surface area contributed by atoms with E-state index in [9.17, 15) is 9.59 Å². The third kappa shape index (κ3) is 4.98. The molecule has 0 aliphatic carbocycles. The van der Waals surface area contributed by atoms with Crippen molar-refractivity contribution in [2.45, 2.75) is 47.0 Å². The summed E-state index contributed by atoms with van der Waals surface area (Å²) in [5.74, 6) is 0.356. The lowest BCUT2D eigenvalue weighted by Gasteiger charge is -2.19. The van der Waals surface area contributed by atoms with Gasteiger partial charge in [-0.2, -0.15) is 0 Å². The molecular weight excluding hydrogens is 388 g/mol. The van der Waals surface area contributed by atoms with Crippen molar-refractivity contribution in [2.24, 2.45) is 5.92 Å². The van der Waals surface area contributed by atoms with Crippen LogP contribution in [-0.4, -0.2) is 29.9 Å². The Labute approximate surface area is 185 Å². The van der Waals surface area contributed by atoms with E-state index < -0.39 is 0 Å². The number of hydrogen-bond acceptors (Lipinski definition) is 4. The number of nitrogens with zero attached hydrogens (tertiary/aromatic N) is 1. The first-order chi connectivity index (χ1) is 14.6. The Morgan fingerprint density at radius 2 is 1.55 bits per heavy atom. The Kier molecular flexibility index (Phi) is 6.54. The molecule has 0 bridgehead atoms. The number of imide groups is 1. The van der Waals surface area contributed by atoms with E-state index in [1.807, 2.05) is 69.3 Å². The van der Waals surface area contributed by atoms with Crippen LogP contribution in [0.2, 0.25) is 0 Å². The highest BCUT2D eigenvalue weighted by Gasteiger charge is 2.39. The van der Waals surface area contributed by atoms with Crippen LogP contribution in [0.5, 0.6) is 5.75 Å². The smallest absolute Gasteiger partial charge is 0.278 e. The lowest BCUT2D eigenvalue weighted by molar-refractivity contribution is -0.137. The zero-order valence-electron chi connectivity index (χ0n) is 19.3. The number of carbonyl (C=O) groups excluding carboxylic acids is 2. The molecule has 0 fully saturated rings. The molecule has 5 heteroatoms. The molecule has 1 aliphatic heterocycles. The Morgan fingerprint density at radius 3 is 2.06 bits per heavy atom. The average Bonchev–Trinajstić information content (AvgIpc) is 2.93. The lowest BCUT2D eigenvalue weighted by Crippen LogP contribution is -2.35. The van der Waals surface area contributed by atoms with E-state index in [-0.39, 0.29) is 23.1 Å². The van der Waals surface area contributed by atoms with Crippen LogP contribution in [0.25, 0.3) is 5.57 Å². The minimum Gasteiger partial charge on any atom is -0.494 e. The summed E-state index contributed by atoms with van der Waals surface area (Å²) in [6.45, 7) is 13.3. The quantitative estimate of drug-likeness (QED) is 0.623. The maximum Gasteiger partial charge on any atom is 0.278 e. The third-order valence-corrected chi connectivity index (χ3v) is 5.19. The number of benzene rings is 2. The first kappa shape index (κ1) is 22.6. The lowest BCUT2D eigenvalue weighted by atomic mass is 9.87. The van der Waals surface area contributed by atoms with Crippen molar-refractivity contribution < 1.29 is 14.3 Å². The van der Waals surface area contributed by atoms with Crippen molar-refractivity contribution in [1.29, 1.82) is 0 Å². The maximum absolute atomic E-state index is 13.2. The largest absolute Gasteiger partial charge is 0.494 e. The number of ether oxygens (including phenoxy) is 1. The fraction of sp³-hybridized carbons (Fsp3) is 0.385. The molecule has 0 unspecified atom stereocenters. The van der Waals surface area contributed by atoms with Gasteiger partial charge in [-0.3, -0.25) is 14.5 Å². The Hall–Kier alpha value is -3.08. The summed E-state index contributed by atoms with van der Waals surface area (Å²) in [6.07, 6.45) is 0. The van der Waals surface area contributed by atoms with Crippen molar-refractivity contribution in [3.8, 4) is 5.75 Å². The molecule has 0 atom stereocenters. The summed E-state index contributed by atoms with van der Waals surface area (Å²) in [6, 6.07) is 15.3. The maximum atomic E-state index is 13.2. The van der Waals surface area contributed by atoms with Crippen molar-refractivity contribution in [3.05, 3.63) is 65.4 Å². The van der Waals surface area contributed by atoms with Crippen LogP contribution in [0.3, 0.4) is 0 Å². The summed E-state index contributed by atoms with van der Waals surface area (Å²) >= 11 is 0. The van der Waals surface area contributed by atoms with Crippen LogP contribution in [0.1, 0.15) is 52.7 Å². The van der Waals surface area contributed by atoms with Gasteiger partial charge in [-0.15, -0.1) is 0 Å². The monoisotopic (exact) mass is 420 g/mol. The Bertz CT molecular complexity index is 981. The van der Waals surface area contributed by atoms with Crippen LogP contribution in [0, 0.1) is 5.92 Å². The molecule has 0 saturated heterocycles. The van der Waals surface area contributed by atoms with E-state index in [0.717, 1.165) is 11.4 Å². The number of nitrogens with one attached hydrogen (secondary N) is 1. The molecule has 0 spiro atoms. The molecule has 164 valence electrons. The minimum absolute atomic E-state index is 0.0402. The highest BCUT2D eigenvalue weighted by atomic mass is 16.5. The number of anilines is 1. The van der Waals surface area contributed by atoms with Gasteiger partial charge in [-0.25, -0.2) is 0 Å². The van der Waals surface area contributed by atoms with Crippen molar-refractivity contribution >= 4 is 23.1 Å². The standard InChI is InChI=1S/C26H32N2O3/c1-7-31-21-14-8-18(9-15-21)22-23(25(30)28(24(22)29)16-17(2)3)27-20-12-10-19(11-13-20)26(4,5)6/h8-15,17,27H,7,16H2,1-6H3. The normalized spacial score (nSPS) is 14.6. The van der Waals surface area contributed by atoms with Crippen molar-refractivity contribution in [1.82, 2.24) is 4.90 Å². The van der Waals surface area contributed by atoms with Gasteiger partial charge in [0.2, 0.25) is 0 Å². The first-order valence-corrected chi connectivity index (χ1v) is 10.8. The van der Waals surface area contributed by atoms with Gasteiger partial charge in [-0.05, 0) is 53.6 Å². The number of rotatable bonds is 7. The van der Waals surface area contributed by atoms with E-state index >= 15 is 0 Å². The van der Waals surface area contributed by atoms with Crippen LogP contribution in [0.4, 0.5) is 5.69 Å². The van der Waals surface area contributed by atoms with Crippen LogP contribution in [0.15, 0.2) is 54.2 Å². The summed E-state index contributed by atoms with van der Waals surface area (Å²) < 4.78 is 5.51. The second kappa shape index (κ2) is 8.96. The molecular formula is C26H32N2O3. The topological polar surface area (TPSA) is 58.6 Å². The predicted octanol–water partition coefficient (Wildman–Crippen LogP) is 5.23. The Morgan fingerprint density at radius 1 is 0.935 bits per heavy atom. The second-order valence-electron chi connectivity index (χ2n) is 9.27. The van der Waals surface area contributed by atoms with E-state index in [4.69, 9.17) is 4.74 Å². The molecule has 1 heterocycles. The number of carbonyl (C=O) groups is 2. The van der Waals surface area contributed by atoms with Gasteiger partial charge in [0.25, 0.3) is 11.8 Å². The number of hydrogen-bond donors (Lipinski definition) is 1. The molecule has 1 aliphatic rings. The van der Waals surface area contributed by atoms with Crippen molar-refractivity contribution in [3.63, 3.8) is 0 Å². The van der Waals surface area contributed by atoms with Gasteiger partial charge >= 0.3 is 0 Å². The summed E-state index contributed by atoms with van der Waals surface area (Å²) in [5.41, 5.74) is 3.43. The highest BCUT2D eigenvalue weighted by molar-refractivity contribution is 6.36. The van der Waals surface area contributed by atoms with Crippen LogP contribution < -0.4 is 10.1 Å². The fourth-order valence-electron chi connectivity index (χ4n) is 3.57. The molecule has 0 aromatic heterocycles. The average molecular weight is 421 g/mol. The molecule has 2 aromatic rings. The van der Waals surface area contributed by atoms with Crippen LogP contribution in [-0.2, 0) is 15.0 Å². The zero-order chi connectivity index (χ0) is 22.8.